The van der Waals surface area contributed by atoms with Crippen molar-refractivity contribution in [3.05, 3.63) is 10.8 Å². The molecule has 0 spiro atoms. The summed E-state index contributed by atoms with van der Waals surface area (Å²) in [6, 6.07) is 0. The SMILES string of the molecule is CC(C)COCCCNc1ncnc(NN)c1Br. The van der Waals surface area contributed by atoms with E-state index in [9.17, 15) is 0 Å². The van der Waals surface area contributed by atoms with E-state index in [2.05, 4.69) is 50.5 Å². The maximum absolute atomic E-state index is 5.49. The zero-order valence-corrected chi connectivity index (χ0v) is 12.3. The largest absolute Gasteiger partial charge is 0.381 e. The van der Waals surface area contributed by atoms with E-state index in [-0.39, 0.29) is 0 Å². The third-order valence-electron chi connectivity index (χ3n) is 2.14. The highest BCUT2D eigenvalue weighted by molar-refractivity contribution is 9.10. The van der Waals surface area contributed by atoms with Crippen LogP contribution in [0.5, 0.6) is 0 Å². The molecule has 0 saturated heterocycles. The minimum Gasteiger partial charge on any atom is -0.381 e. The highest BCUT2D eigenvalue weighted by Crippen LogP contribution is 2.25. The first-order valence-corrected chi connectivity index (χ1v) is 6.73. The topological polar surface area (TPSA) is 85.1 Å². The Bertz CT molecular complexity index is 361. The third kappa shape index (κ3) is 5.16. The van der Waals surface area contributed by atoms with E-state index in [1.165, 1.54) is 6.33 Å². The second kappa shape index (κ2) is 8.23. The van der Waals surface area contributed by atoms with E-state index in [1.807, 2.05) is 0 Å². The molecule has 1 aromatic heterocycles. The Morgan fingerprint density at radius 1 is 1.39 bits per heavy atom. The summed E-state index contributed by atoms with van der Waals surface area (Å²) < 4.78 is 6.22. The molecule has 0 fully saturated rings. The fourth-order valence-electron chi connectivity index (χ4n) is 1.29. The van der Waals surface area contributed by atoms with Crippen LogP contribution in [0.1, 0.15) is 20.3 Å². The van der Waals surface area contributed by atoms with Gasteiger partial charge in [0.25, 0.3) is 0 Å². The number of aromatic nitrogens is 2. The number of halogens is 1. The number of nitrogens with two attached hydrogens (primary N) is 1. The van der Waals surface area contributed by atoms with Crippen molar-refractivity contribution < 1.29 is 4.74 Å². The van der Waals surface area contributed by atoms with E-state index >= 15 is 0 Å². The van der Waals surface area contributed by atoms with Crippen molar-refractivity contribution >= 4 is 27.6 Å². The number of hydrazine groups is 1. The molecule has 0 unspecified atom stereocenters. The number of rotatable bonds is 8. The molecule has 102 valence electrons. The molecule has 4 N–H and O–H groups in total. The summed E-state index contributed by atoms with van der Waals surface area (Å²) in [6.45, 7) is 6.61. The molecule has 0 radical (unpaired) electrons. The third-order valence-corrected chi connectivity index (χ3v) is 2.89. The van der Waals surface area contributed by atoms with Gasteiger partial charge in [-0.3, -0.25) is 0 Å². The number of ether oxygens (including phenoxy) is 1. The molecule has 1 aromatic rings. The van der Waals surface area contributed by atoms with Crippen molar-refractivity contribution in [3.8, 4) is 0 Å². The van der Waals surface area contributed by atoms with E-state index < -0.39 is 0 Å². The van der Waals surface area contributed by atoms with Gasteiger partial charge in [0.1, 0.15) is 16.6 Å². The number of nitrogen functional groups attached to an aromatic ring is 1. The maximum atomic E-state index is 5.49. The van der Waals surface area contributed by atoms with Crippen LogP contribution in [-0.2, 0) is 4.74 Å². The van der Waals surface area contributed by atoms with Gasteiger partial charge < -0.3 is 15.5 Å². The predicted molar refractivity (Wildman–Crippen MR) is 76.3 cm³/mol. The predicted octanol–water partition coefficient (Wildman–Crippen LogP) is 2.00. The Hall–Kier alpha value is -0.920. The van der Waals surface area contributed by atoms with Gasteiger partial charge in [-0.05, 0) is 28.3 Å². The second-order valence-electron chi connectivity index (χ2n) is 4.28. The highest BCUT2D eigenvalue weighted by atomic mass is 79.9. The van der Waals surface area contributed by atoms with Crippen LogP contribution in [0.2, 0.25) is 0 Å². The van der Waals surface area contributed by atoms with E-state index in [0.717, 1.165) is 36.5 Å². The first-order chi connectivity index (χ1) is 8.65. The Morgan fingerprint density at radius 2 is 2.11 bits per heavy atom. The van der Waals surface area contributed by atoms with Gasteiger partial charge in [-0.25, -0.2) is 15.8 Å². The fourth-order valence-corrected chi connectivity index (χ4v) is 1.75. The average Bonchev–Trinajstić information content (AvgIpc) is 2.35. The highest BCUT2D eigenvalue weighted by Gasteiger charge is 2.06. The van der Waals surface area contributed by atoms with Crippen molar-refractivity contribution in [1.29, 1.82) is 0 Å². The molecule has 0 aliphatic heterocycles. The van der Waals surface area contributed by atoms with E-state index in [0.29, 0.717) is 11.7 Å². The lowest BCUT2D eigenvalue weighted by molar-refractivity contribution is 0.110. The van der Waals surface area contributed by atoms with Gasteiger partial charge >= 0.3 is 0 Å². The summed E-state index contributed by atoms with van der Waals surface area (Å²) in [5, 5.41) is 3.20. The van der Waals surface area contributed by atoms with Crippen LogP contribution in [-0.4, -0.2) is 29.7 Å². The Labute approximate surface area is 116 Å². The van der Waals surface area contributed by atoms with Crippen LogP contribution >= 0.6 is 15.9 Å². The van der Waals surface area contributed by atoms with Crippen LogP contribution in [0, 0.1) is 5.92 Å². The summed E-state index contributed by atoms with van der Waals surface area (Å²) in [4.78, 5) is 8.10. The van der Waals surface area contributed by atoms with Gasteiger partial charge in [-0.1, -0.05) is 13.8 Å². The Kier molecular flexibility index (Phi) is 6.92. The lowest BCUT2D eigenvalue weighted by Gasteiger charge is -2.10. The normalized spacial score (nSPS) is 10.7. The average molecular weight is 318 g/mol. The van der Waals surface area contributed by atoms with Crippen molar-refractivity contribution in [2.24, 2.45) is 11.8 Å². The molecule has 0 amide bonds. The molecule has 7 heteroatoms. The van der Waals surface area contributed by atoms with E-state index in [1.54, 1.807) is 0 Å². The van der Waals surface area contributed by atoms with Gasteiger partial charge in [0.2, 0.25) is 0 Å². The van der Waals surface area contributed by atoms with Crippen LogP contribution < -0.4 is 16.6 Å². The minimum absolute atomic E-state index is 0.559. The van der Waals surface area contributed by atoms with Crippen LogP contribution in [0.4, 0.5) is 11.6 Å². The first kappa shape index (κ1) is 15.1. The quantitative estimate of drug-likeness (QED) is 0.386. The summed E-state index contributed by atoms with van der Waals surface area (Å²) in [5.41, 5.74) is 2.50. The number of anilines is 2. The number of hydrogen-bond donors (Lipinski definition) is 3. The van der Waals surface area contributed by atoms with Gasteiger partial charge in [-0.2, -0.15) is 0 Å². The van der Waals surface area contributed by atoms with Crippen molar-refractivity contribution in [1.82, 2.24) is 9.97 Å². The van der Waals surface area contributed by atoms with Crippen molar-refractivity contribution in [2.75, 3.05) is 30.5 Å². The summed E-state index contributed by atoms with van der Waals surface area (Å²) in [5.74, 6) is 7.18. The van der Waals surface area contributed by atoms with Crippen LogP contribution in [0.3, 0.4) is 0 Å². The molecular weight excluding hydrogens is 298 g/mol. The maximum Gasteiger partial charge on any atom is 0.159 e. The summed E-state index contributed by atoms with van der Waals surface area (Å²) in [6.07, 6.45) is 2.38. The summed E-state index contributed by atoms with van der Waals surface area (Å²) >= 11 is 3.38. The number of nitrogens with one attached hydrogen (secondary N) is 2. The second-order valence-corrected chi connectivity index (χ2v) is 5.07. The van der Waals surface area contributed by atoms with Gasteiger partial charge in [0, 0.05) is 19.8 Å². The molecule has 18 heavy (non-hydrogen) atoms. The molecule has 0 aliphatic carbocycles. The first-order valence-electron chi connectivity index (χ1n) is 5.94. The van der Waals surface area contributed by atoms with Gasteiger partial charge in [0.15, 0.2) is 5.82 Å². The van der Waals surface area contributed by atoms with Gasteiger partial charge in [0.05, 0.1) is 0 Å². The smallest absolute Gasteiger partial charge is 0.159 e. The Balaban J connectivity index is 2.27. The zero-order chi connectivity index (χ0) is 13.4. The molecule has 6 nitrogen and oxygen atoms in total. The lowest BCUT2D eigenvalue weighted by Crippen LogP contribution is -2.13. The van der Waals surface area contributed by atoms with Crippen molar-refractivity contribution in [2.45, 2.75) is 20.3 Å². The molecule has 0 aliphatic rings. The molecular formula is C11H20BrN5O. The lowest BCUT2D eigenvalue weighted by atomic mass is 10.2. The minimum atomic E-state index is 0.559. The molecule has 1 heterocycles. The summed E-state index contributed by atoms with van der Waals surface area (Å²) in [7, 11) is 0. The van der Waals surface area contributed by atoms with E-state index in [4.69, 9.17) is 10.6 Å². The number of hydrogen-bond acceptors (Lipinski definition) is 6. The van der Waals surface area contributed by atoms with Crippen LogP contribution in [0.15, 0.2) is 10.8 Å². The molecule has 0 atom stereocenters. The number of nitrogens with zero attached hydrogens (tertiary/aromatic N) is 2. The van der Waals surface area contributed by atoms with Crippen LogP contribution in [0.25, 0.3) is 0 Å². The fraction of sp³-hybridized carbons (Fsp3) is 0.636. The molecule has 0 aromatic carbocycles. The van der Waals surface area contributed by atoms with Crippen molar-refractivity contribution in [3.63, 3.8) is 0 Å². The standard InChI is InChI=1S/C11H20BrN5O/c1-8(2)6-18-5-3-4-14-10-9(12)11(17-13)16-7-15-10/h7-8H,3-6,13H2,1-2H3,(H2,14,15,16,17). The zero-order valence-electron chi connectivity index (χ0n) is 10.7. The Morgan fingerprint density at radius 3 is 2.78 bits per heavy atom. The van der Waals surface area contributed by atoms with Gasteiger partial charge in [-0.15, -0.1) is 0 Å². The molecule has 0 bridgehead atoms. The molecule has 0 saturated carbocycles. The molecule has 1 rings (SSSR count). The monoisotopic (exact) mass is 317 g/mol.